The van der Waals surface area contributed by atoms with E-state index in [9.17, 15) is 0 Å². The SMILES string of the molecule is CCCNC(CC)C1CCOC(CC)C1. The summed E-state index contributed by atoms with van der Waals surface area (Å²) in [7, 11) is 0. The summed E-state index contributed by atoms with van der Waals surface area (Å²) in [5.74, 6) is 0.834. The Balaban J connectivity index is 2.37. The first-order chi connectivity index (χ1) is 7.31. The van der Waals surface area contributed by atoms with Crippen LogP contribution >= 0.6 is 0 Å². The van der Waals surface area contributed by atoms with Crippen molar-refractivity contribution < 1.29 is 4.74 Å². The molecule has 2 heteroatoms. The van der Waals surface area contributed by atoms with Crippen molar-refractivity contribution in [2.24, 2.45) is 5.92 Å². The molecule has 3 unspecified atom stereocenters. The lowest BCUT2D eigenvalue weighted by Gasteiger charge is -2.34. The zero-order chi connectivity index (χ0) is 11.1. The van der Waals surface area contributed by atoms with Gasteiger partial charge in [-0.2, -0.15) is 0 Å². The van der Waals surface area contributed by atoms with Crippen LogP contribution in [0.2, 0.25) is 0 Å². The van der Waals surface area contributed by atoms with Crippen molar-refractivity contribution in [3.63, 3.8) is 0 Å². The molecule has 1 saturated heterocycles. The molecule has 0 amide bonds. The number of ether oxygens (including phenoxy) is 1. The Kier molecular flexibility index (Phi) is 6.26. The summed E-state index contributed by atoms with van der Waals surface area (Å²) >= 11 is 0. The molecule has 0 bridgehead atoms. The molecule has 90 valence electrons. The summed E-state index contributed by atoms with van der Waals surface area (Å²) in [5, 5.41) is 3.68. The van der Waals surface area contributed by atoms with Crippen molar-refractivity contribution in [2.45, 2.75) is 65.0 Å². The molecule has 0 aliphatic carbocycles. The molecule has 2 nitrogen and oxygen atoms in total. The van der Waals surface area contributed by atoms with Crippen LogP contribution < -0.4 is 5.32 Å². The first-order valence-corrected chi connectivity index (χ1v) is 6.66. The fraction of sp³-hybridized carbons (Fsp3) is 1.00. The average Bonchev–Trinajstić information content (AvgIpc) is 2.30. The fourth-order valence-corrected chi connectivity index (χ4v) is 2.53. The molecule has 1 rings (SSSR count). The Morgan fingerprint density at radius 3 is 2.73 bits per heavy atom. The third kappa shape index (κ3) is 4.12. The highest BCUT2D eigenvalue weighted by atomic mass is 16.5. The predicted octanol–water partition coefficient (Wildman–Crippen LogP) is 2.97. The second kappa shape index (κ2) is 7.24. The van der Waals surface area contributed by atoms with E-state index < -0.39 is 0 Å². The Bertz CT molecular complexity index is 161. The number of rotatable bonds is 6. The molecule has 1 heterocycles. The molecule has 0 saturated carbocycles. The lowest BCUT2D eigenvalue weighted by Crippen LogP contribution is -2.41. The third-order valence-electron chi connectivity index (χ3n) is 3.53. The minimum absolute atomic E-state index is 0.515. The van der Waals surface area contributed by atoms with Crippen molar-refractivity contribution in [1.82, 2.24) is 5.32 Å². The standard InChI is InChI=1S/C13H27NO/c1-4-8-14-13(6-3)11-7-9-15-12(5-2)10-11/h11-14H,4-10H2,1-3H3. The van der Waals surface area contributed by atoms with Crippen LogP contribution in [0.3, 0.4) is 0 Å². The summed E-state index contributed by atoms with van der Waals surface area (Å²) in [6.07, 6.45) is 6.66. The van der Waals surface area contributed by atoms with Crippen molar-refractivity contribution in [2.75, 3.05) is 13.2 Å². The Hall–Kier alpha value is -0.0800. The molecule has 0 aromatic rings. The molecular weight excluding hydrogens is 186 g/mol. The van der Waals surface area contributed by atoms with E-state index in [2.05, 4.69) is 26.1 Å². The zero-order valence-electron chi connectivity index (χ0n) is 10.6. The van der Waals surface area contributed by atoms with Crippen LogP contribution in [-0.2, 0) is 4.74 Å². The largest absolute Gasteiger partial charge is 0.378 e. The van der Waals surface area contributed by atoms with Gasteiger partial charge in [-0.3, -0.25) is 0 Å². The van der Waals surface area contributed by atoms with E-state index in [1.807, 2.05) is 0 Å². The van der Waals surface area contributed by atoms with Gasteiger partial charge < -0.3 is 10.1 Å². The third-order valence-corrected chi connectivity index (χ3v) is 3.53. The molecule has 3 atom stereocenters. The van der Waals surface area contributed by atoms with Crippen LogP contribution in [0.15, 0.2) is 0 Å². The van der Waals surface area contributed by atoms with Gasteiger partial charge in [-0.1, -0.05) is 20.8 Å². The Labute approximate surface area is 94.8 Å². The highest BCUT2D eigenvalue weighted by molar-refractivity contribution is 4.80. The van der Waals surface area contributed by atoms with Crippen molar-refractivity contribution >= 4 is 0 Å². The van der Waals surface area contributed by atoms with Crippen molar-refractivity contribution in [3.8, 4) is 0 Å². The minimum Gasteiger partial charge on any atom is -0.378 e. The molecule has 1 aliphatic heterocycles. The molecular formula is C13H27NO. The Morgan fingerprint density at radius 2 is 2.13 bits per heavy atom. The normalized spacial score (nSPS) is 29.0. The quantitative estimate of drug-likeness (QED) is 0.732. The maximum atomic E-state index is 5.73. The van der Waals surface area contributed by atoms with Crippen LogP contribution in [0.1, 0.15) is 52.9 Å². The van der Waals surface area contributed by atoms with E-state index in [0.29, 0.717) is 12.1 Å². The maximum Gasteiger partial charge on any atom is 0.0575 e. The lowest BCUT2D eigenvalue weighted by atomic mass is 9.86. The monoisotopic (exact) mass is 213 g/mol. The van der Waals surface area contributed by atoms with Gasteiger partial charge in [0.25, 0.3) is 0 Å². The van der Waals surface area contributed by atoms with Crippen LogP contribution in [0.25, 0.3) is 0 Å². The Morgan fingerprint density at radius 1 is 1.33 bits per heavy atom. The highest BCUT2D eigenvalue weighted by Gasteiger charge is 2.26. The minimum atomic E-state index is 0.515. The zero-order valence-corrected chi connectivity index (χ0v) is 10.6. The van der Waals surface area contributed by atoms with Gasteiger partial charge in [-0.25, -0.2) is 0 Å². The number of nitrogens with one attached hydrogen (secondary N) is 1. The van der Waals surface area contributed by atoms with Crippen molar-refractivity contribution in [1.29, 1.82) is 0 Å². The van der Waals surface area contributed by atoms with Gasteiger partial charge in [0.05, 0.1) is 6.10 Å². The fourth-order valence-electron chi connectivity index (χ4n) is 2.53. The predicted molar refractivity (Wildman–Crippen MR) is 65.1 cm³/mol. The molecule has 0 radical (unpaired) electrons. The van der Waals surface area contributed by atoms with E-state index in [1.165, 1.54) is 32.1 Å². The maximum absolute atomic E-state index is 5.73. The van der Waals surface area contributed by atoms with Gasteiger partial charge in [0.2, 0.25) is 0 Å². The van der Waals surface area contributed by atoms with Crippen LogP contribution in [0.4, 0.5) is 0 Å². The van der Waals surface area contributed by atoms with Gasteiger partial charge in [-0.15, -0.1) is 0 Å². The number of hydrogen-bond acceptors (Lipinski definition) is 2. The van der Waals surface area contributed by atoms with E-state index in [-0.39, 0.29) is 0 Å². The summed E-state index contributed by atoms with van der Waals surface area (Å²) in [5.41, 5.74) is 0. The van der Waals surface area contributed by atoms with Gasteiger partial charge in [0.15, 0.2) is 0 Å². The van der Waals surface area contributed by atoms with Gasteiger partial charge in [-0.05, 0) is 44.6 Å². The topological polar surface area (TPSA) is 21.3 Å². The summed E-state index contributed by atoms with van der Waals surface area (Å²) < 4.78 is 5.73. The molecule has 0 aromatic heterocycles. The molecule has 1 fully saturated rings. The van der Waals surface area contributed by atoms with E-state index in [1.54, 1.807) is 0 Å². The summed E-state index contributed by atoms with van der Waals surface area (Å²) in [6, 6.07) is 0.711. The van der Waals surface area contributed by atoms with E-state index >= 15 is 0 Å². The first kappa shape index (κ1) is 13.0. The van der Waals surface area contributed by atoms with Crippen LogP contribution in [-0.4, -0.2) is 25.3 Å². The van der Waals surface area contributed by atoms with Gasteiger partial charge >= 0.3 is 0 Å². The summed E-state index contributed by atoms with van der Waals surface area (Å²) in [4.78, 5) is 0. The molecule has 1 aliphatic rings. The van der Waals surface area contributed by atoms with E-state index in [0.717, 1.165) is 19.1 Å². The second-order valence-corrected chi connectivity index (χ2v) is 4.65. The lowest BCUT2D eigenvalue weighted by molar-refractivity contribution is -0.0189. The van der Waals surface area contributed by atoms with Crippen LogP contribution in [0.5, 0.6) is 0 Å². The first-order valence-electron chi connectivity index (χ1n) is 6.66. The van der Waals surface area contributed by atoms with Gasteiger partial charge in [0, 0.05) is 12.6 Å². The smallest absolute Gasteiger partial charge is 0.0575 e. The molecule has 0 aromatic carbocycles. The summed E-state index contributed by atoms with van der Waals surface area (Å²) in [6.45, 7) is 8.88. The highest BCUT2D eigenvalue weighted by Crippen LogP contribution is 2.26. The average molecular weight is 213 g/mol. The molecule has 15 heavy (non-hydrogen) atoms. The molecule has 1 N–H and O–H groups in total. The molecule has 0 spiro atoms. The second-order valence-electron chi connectivity index (χ2n) is 4.65. The number of hydrogen-bond donors (Lipinski definition) is 1. The van der Waals surface area contributed by atoms with Gasteiger partial charge in [0.1, 0.15) is 0 Å². The van der Waals surface area contributed by atoms with Crippen LogP contribution in [0, 0.1) is 5.92 Å². The van der Waals surface area contributed by atoms with E-state index in [4.69, 9.17) is 4.74 Å². The van der Waals surface area contributed by atoms with Crippen molar-refractivity contribution in [3.05, 3.63) is 0 Å².